The lowest BCUT2D eigenvalue weighted by Gasteiger charge is -2.28. The van der Waals surface area contributed by atoms with Crippen LogP contribution in [-0.4, -0.2) is 14.5 Å². The zero-order chi connectivity index (χ0) is 42.4. The van der Waals surface area contributed by atoms with Gasteiger partial charge in [-0.2, -0.15) is 0 Å². The van der Waals surface area contributed by atoms with Gasteiger partial charge in [0.1, 0.15) is 0 Å². The van der Waals surface area contributed by atoms with Crippen LogP contribution in [0.2, 0.25) is 0 Å². The van der Waals surface area contributed by atoms with Crippen molar-refractivity contribution in [1.29, 1.82) is 0 Å². The quantitative estimate of drug-likeness (QED) is 0.161. The summed E-state index contributed by atoms with van der Waals surface area (Å²) in [5.74, 6) is 0.686. The van der Waals surface area contributed by atoms with Gasteiger partial charge in [-0.25, -0.2) is 9.97 Å². The van der Waals surface area contributed by atoms with Crippen LogP contribution in [-0.2, 0) is 0 Å². The first-order valence-corrected chi connectivity index (χ1v) is 21.7. The molecule has 2 aromatic heterocycles. The molecule has 0 radical (unpaired) electrons. The van der Waals surface area contributed by atoms with E-state index < -0.39 is 0 Å². The first kappa shape index (κ1) is 37.2. The highest BCUT2D eigenvalue weighted by Gasteiger charge is 2.31. The highest BCUT2D eigenvalue weighted by Crippen LogP contribution is 2.55. The van der Waals surface area contributed by atoms with Gasteiger partial charge in [0.05, 0.1) is 34.0 Å². The van der Waals surface area contributed by atoms with Crippen LogP contribution >= 0.6 is 0 Å². The van der Waals surface area contributed by atoms with E-state index in [1.54, 1.807) is 0 Å². The van der Waals surface area contributed by atoms with Crippen molar-refractivity contribution in [2.24, 2.45) is 0 Å². The normalized spacial score (nSPS) is 11.7. The Balaban J connectivity index is 1.06. The SMILES string of the molecule is c1ccc(-c2cc(-c3ccccc3)cc(N3c4ccccc4-c4c(n(-c5ccc(-c6nc(-c7ccccc7)cc(-c7ccccc7)n6)cc5)c5ccccc45)-c4ccccc43)c2)cc1. The first-order chi connectivity index (χ1) is 31.7. The molecule has 0 amide bonds. The van der Waals surface area contributed by atoms with Crippen LogP contribution in [0.25, 0.3) is 95.1 Å². The third-order valence-electron chi connectivity index (χ3n) is 12.3. The van der Waals surface area contributed by atoms with Crippen molar-refractivity contribution in [1.82, 2.24) is 14.5 Å². The van der Waals surface area contributed by atoms with Crippen molar-refractivity contribution in [2.45, 2.75) is 0 Å². The highest BCUT2D eigenvalue weighted by atomic mass is 15.2. The molecule has 64 heavy (non-hydrogen) atoms. The molecule has 1 aliphatic rings. The third kappa shape index (κ3) is 6.48. The number of hydrogen-bond donors (Lipinski definition) is 0. The summed E-state index contributed by atoms with van der Waals surface area (Å²) in [4.78, 5) is 12.8. The number of benzene rings is 9. The van der Waals surface area contributed by atoms with E-state index in [0.717, 1.165) is 78.7 Å². The van der Waals surface area contributed by atoms with Gasteiger partial charge < -0.3 is 9.47 Å². The summed E-state index contributed by atoms with van der Waals surface area (Å²) >= 11 is 0. The summed E-state index contributed by atoms with van der Waals surface area (Å²) in [5, 5.41) is 1.19. The lowest BCUT2D eigenvalue weighted by atomic mass is 9.97. The minimum absolute atomic E-state index is 0.686. The van der Waals surface area contributed by atoms with Crippen molar-refractivity contribution in [2.75, 3.05) is 4.90 Å². The van der Waals surface area contributed by atoms with Gasteiger partial charge in [-0.3, -0.25) is 0 Å². The molecule has 3 heterocycles. The Kier molecular flexibility index (Phi) is 9.12. The lowest BCUT2D eigenvalue weighted by molar-refractivity contribution is 1.13. The molecule has 0 aliphatic carbocycles. The number of rotatable bonds is 7. The van der Waals surface area contributed by atoms with E-state index in [0.29, 0.717) is 5.82 Å². The van der Waals surface area contributed by atoms with E-state index in [2.05, 4.69) is 240 Å². The topological polar surface area (TPSA) is 34.0 Å². The maximum atomic E-state index is 5.14. The molecule has 0 fully saturated rings. The second kappa shape index (κ2) is 15.7. The van der Waals surface area contributed by atoms with Crippen molar-refractivity contribution in [3.05, 3.63) is 243 Å². The van der Waals surface area contributed by atoms with E-state index in [1.807, 2.05) is 12.1 Å². The summed E-state index contributed by atoms with van der Waals surface area (Å²) in [6.07, 6.45) is 0. The Hall–Kier alpha value is -8.60. The third-order valence-corrected chi connectivity index (χ3v) is 12.3. The minimum atomic E-state index is 0.686. The lowest BCUT2D eigenvalue weighted by Crippen LogP contribution is -2.11. The standard InChI is InChI=1S/C60H40N4/c1-5-19-41(20-6-1)46-37-47(42-21-7-2-8-22-42)39-49(38-46)63-55-30-16-13-27-50(55)58-51-28-14-17-31-56(51)64(59(58)52-29-15-18-32-57(52)63)48-35-33-45(34-36-48)60-61-53(43-23-9-3-10-24-43)40-54(62-60)44-25-11-4-12-26-44/h1-40H. The molecule has 9 aromatic carbocycles. The van der Waals surface area contributed by atoms with Crippen LogP contribution in [0.5, 0.6) is 0 Å². The number of para-hydroxylation sites is 3. The molecular formula is C60H40N4. The second-order valence-electron chi connectivity index (χ2n) is 16.2. The van der Waals surface area contributed by atoms with Gasteiger partial charge in [0, 0.05) is 50.1 Å². The Labute approximate surface area is 372 Å². The molecule has 0 spiro atoms. The molecule has 4 heteroatoms. The summed E-state index contributed by atoms with van der Waals surface area (Å²) < 4.78 is 2.44. The summed E-state index contributed by atoms with van der Waals surface area (Å²) in [7, 11) is 0. The van der Waals surface area contributed by atoms with Crippen LogP contribution in [0, 0.1) is 0 Å². The predicted octanol–water partition coefficient (Wildman–Crippen LogP) is 15.9. The van der Waals surface area contributed by atoms with E-state index in [1.165, 1.54) is 27.6 Å². The Morgan fingerprint density at radius 1 is 0.312 bits per heavy atom. The summed E-state index contributed by atoms with van der Waals surface area (Å²) in [6.45, 7) is 0. The first-order valence-electron chi connectivity index (χ1n) is 21.7. The molecule has 0 saturated carbocycles. The van der Waals surface area contributed by atoms with Gasteiger partial charge in [0.2, 0.25) is 0 Å². The molecular weight excluding hydrogens is 777 g/mol. The van der Waals surface area contributed by atoms with Crippen molar-refractivity contribution in [3.63, 3.8) is 0 Å². The van der Waals surface area contributed by atoms with E-state index >= 15 is 0 Å². The van der Waals surface area contributed by atoms with Crippen LogP contribution < -0.4 is 4.90 Å². The van der Waals surface area contributed by atoms with Gasteiger partial charge in [-0.05, 0) is 89.0 Å². The van der Waals surface area contributed by atoms with E-state index in [4.69, 9.17) is 9.97 Å². The number of fused-ring (bicyclic) bond motifs is 7. The zero-order valence-electron chi connectivity index (χ0n) is 34.9. The summed E-state index contributed by atoms with van der Waals surface area (Å²) in [6, 6.07) is 86.5. The monoisotopic (exact) mass is 816 g/mol. The van der Waals surface area contributed by atoms with E-state index in [9.17, 15) is 0 Å². The Morgan fingerprint density at radius 2 is 0.781 bits per heavy atom. The minimum Gasteiger partial charge on any atom is -0.309 e. The summed E-state index contributed by atoms with van der Waals surface area (Å²) in [5.41, 5.74) is 19.7. The number of aromatic nitrogens is 3. The molecule has 300 valence electrons. The molecule has 4 nitrogen and oxygen atoms in total. The fourth-order valence-corrected chi connectivity index (χ4v) is 9.38. The highest BCUT2D eigenvalue weighted by molar-refractivity contribution is 6.13. The van der Waals surface area contributed by atoms with Gasteiger partial charge in [-0.1, -0.05) is 176 Å². The molecule has 0 N–H and O–H groups in total. The predicted molar refractivity (Wildman–Crippen MR) is 265 cm³/mol. The largest absolute Gasteiger partial charge is 0.309 e. The smallest absolute Gasteiger partial charge is 0.160 e. The van der Waals surface area contributed by atoms with Crippen molar-refractivity contribution in [3.8, 4) is 84.2 Å². The van der Waals surface area contributed by atoms with Crippen LogP contribution in [0.15, 0.2) is 243 Å². The molecule has 11 aromatic rings. The van der Waals surface area contributed by atoms with Crippen molar-refractivity contribution < 1.29 is 0 Å². The fraction of sp³-hybridized carbons (Fsp3) is 0. The van der Waals surface area contributed by atoms with Gasteiger partial charge in [0.15, 0.2) is 5.82 Å². The van der Waals surface area contributed by atoms with Crippen molar-refractivity contribution >= 4 is 28.0 Å². The number of nitrogens with zero attached hydrogens (tertiary/aromatic N) is 4. The Bertz CT molecular complexity index is 3350. The fourth-order valence-electron chi connectivity index (χ4n) is 9.38. The molecule has 1 aliphatic heterocycles. The van der Waals surface area contributed by atoms with Gasteiger partial charge in [-0.15, -0.1) is 0 Å². The average molecular weight is 817 g/mol. The Morgan fingerprint density at radius 3 is 1.36 bits per heavy atom. The van der Waals surface area contributed by atoms with Gasteiger partial charge in [0.25, 0.3) is 0 Å². The zero-order valence-corrected chi connectivity index (χ0v) is 34.9. The van der Waals surface area contributed by atoms with Crippen LogP contribution in [0.1, 0.15) is 0 Å². The molecule has 0 unspecified atom stereocenters. The maximum absolute atomic E-state index is 5.14. The molecule has 0 bridgehead atoms. The number of hydrogen-bond acceptors (Lipinski definition) is 3. The van der Waals surface area contributed by atoms with Gasteiger partial charge >= 0.3 is 0 Å². The number of anilines is 3. The molecule has 0 atom stereocenters. The maximum Gasteiger partial charge on any atom is 0.160 e. The van der Waals surface area contributed by atoms with E-state index in [-0.39, 0.29) is 0 Å². The average Bonchev–Trinajstić information content (AvgIpc) is 3.66. The van der Waals surface area contributed by atoms with Crippen LogP contribution in [0.3, 0.4) is 0 Å². The molecule has 12 rings (SSSR count). The molecule has 0 saturated heterocycles. The van der Waals surface area contributed by atoms with Crippen LogP contribution in [0.4, 0.5) is 17.1 Å². The second-order valence-corrected chi connectivity index (χ2v) is 16.2.